The molecule has 0 fully saturated rings. The molecule has 0 aromatic carbocycles. The van der Waals surface area contributed by atoms with Crippen LogP contribution >= 0.6 is 0 Å². The average Bonchev–Trinajstić information content (AvgIpc) is 2.42. The fraction of sp³-hybridized carbons (Fsp3) is 1.00. The van der Waals surface area contributed by atoms with Crippen LogP contribution in [-0.2, 0) is 10.2 Å². The van der Waals surface area contributed by atoms with Crippen molar-refractivity contribution in [2.24, 2.45) is 0 Å². The van der Waals surface area contributed by atoms with Gasteiger partial charge in [-0.25, -0.2) is 0 Å². The van der Waals surface area contributed by atoms with Gasteiger partial charge in [0.05, 0.1) is 0 Å². The van der Waals surface area contributed by atoms with Crippen LogP contribution in [0.1, 0.15) is 41.5 Å². The van der Waals surface area contributed by atoms with E-state index in [0.717, 1.165) is 31.5 Å². The Morgan fingerprint density at radius 1 is 0.632 bits per heavy atom. The second kappa shape index (κ2) is 8.41. The van der Waals surface area contributed by atoms with Gasteiger partial charge in [0.2, 0.25) is 0 Å². The van der Waals surface area contributed by atoms with Gasteiger partial charge in [-0.1, -0.05) is 0 Å². The Kier molecular flexibility index (Phi) is 8.83. The van der Waals surface area contributed by atoms with Gasteiger partial charge in [0.25, 0.3) is 0 Å². The summed E-state index contributed by atoms with van der Waals surface area (Å²) in [7, 11) is -3.30. The van der Waals surface area contributed by atoms with E-state index in [1.807, 2.05) is 0 Å². The van der Waals surface area contributed by atoms with Crippen LogP contribution < -0.4 is 7.36 Å². The molecule has 4 nitrogen and oxygen atoms in total. The van der Waals surface area contributed by atoms with Crippen molar-refractivity contribution in [2.45, 2.75) is 73.1 Å². The van der Waals surface area contributed by atoms with Crippen LogP contribution in [0.4, 0.5) is 0 Å². The second-order valence-electron chi connectivity index (χ2n) is 5.39. The monoisotopic (exact) mass is 416 g/mol. The molecular formula is C12H32Ge2N2O2S. The van der Waals surface area contributed by atoms with Crippen LogP contribution in [-0.4, -0.2) is 35.4 Å². The first-order chi connectivity index (χ1) is 8.78. The first-order valence-electron chi connectivity index (χ1n) is 7.61. The van der Waals surface area contributed by atoms with Crippen molar-refractivity contribution in [1.82, 2.24) is 7.36 Å². The van der Waals surface area contributed by atoms with Crippen LogP contribution in [0.3, 0.4) is 0 Å². The van der Waals surface area contributed by atoms with E-state index >= 15 is 0 Å². The molecule has 0 saturated heterocycles. The zero-order valence-electron chi connectivity index (χ0n) is 13.5. The molecule has 0 aliphatic rings. The van der Waals surface area contributed by atoms with E-state index in [9.17, 15) is 8.42 Å². The topological polar surface area (TPSA) is 58.2 Å². The van der Waals surface area contributed by atoms with Crippen LogP contribution in [0.25, 0.3) is 0 Å². The zero-order chi connectivity index (χ0) is 15.2. The first kappa shape index (κ1) is 20.0. The third kappa shape index (κ3) is 5.69. The molecule has 0 unspecified atom stereocenters. The van der Waals surface area contributed by atoms with Crippen LogP contribution in [0, 0.1) is 0 Å². The van der Waals surface area contributed by atoms with Gasteiger partial charge in [0.15, 0.2) is 0 Å². The van der Waals surface area contributed by atoms with Crippen LogP contribution in [0.5, 0.6) is 0 Å². The van der Waals surface area contributed by atoms with Gasteiger partial charge in [-0.2, -0.15) is 0 Å². The fourth-order valence-electron chi connectivity index (χ4n) is 2.53. The molecule has 7 heteroatoms. The summed E-state index contributed by atoms with van der Waals surface area (Å²) in [5.74, 6) is 0. The summed E-state index contributed by atoms with van der Waals surface area (Å²) in [6.45, 7) is 12.8. The third-order valence-electron chi connectivity index (χ3n) is 4.76. The predicted molar refractivity (Wildman–Crippen MR) is 89.6 cm³/mol. The van der Waals surface area contributed by atoms with Crippen molar-refractivity contribution >= 4 is 37.2 Å². The van der Waals surface area contributed by atoms with Crippen molar-refractivity contribution < 1.29 is 8.42 Å². The number of rotatable bonds is 10. The van der Waals surface area contributed by atoms with Gasteiger partial charge in [-0.3, -0.25) is 0 Å². The van der Waals surface area contributed by atoms with E-state index in [2.05, 4.69) is 48.9 Å². The van der Waals surface area contributed by atoms with Gasteiger partial charge >= 0.3 is 126 Å². The van der Waals surface area contributed by atoms with E-state index in [1.54, 1.807) is 0 Å². The van der Waals surface area contributed by atoms with Crippen molar-refractivity contribution in [3.05, 3.63) is 0 Å². The molecule has 0 aromatic rings. The van der Waals surface area contributed by atoms with Crippen molar-refractivity contribution in [3.63, 3.8) is 0 Å². The molecule has 0 saturated carbocycles. The van der Waals surface area contributed by atoms with Gasteiger partial charge < -0.3 is 0 Å². The summed E-state index contributed by atoms with van der Waals surface area (Å²) >= 11 is -4.82. The van der Waals surface area contributed by atoms with Gasteiger partial charge in [0, 0.05) is 0 Å². The quantitative estimate of drug-likeness (QED) is 0.539. The molecule has 116 valence electrons. The summed E-state index contributed by atoms with van der Waals surface area (Å²) in [4.78, 5) is 0. The second-order valence-corrected chi connectivity index (χ2v) is 29.0. The van der Waals surface area contributed by atoms with Gasteiger partial charge in [-0.15, -0.1) is 0 Å². The minimum absolute atomic E-state index is 1.01. The Morgan fingerprint density at radius 2 is 0.842 bits per heavy atom. The SMILES string of the molecule is C[CH2][Ge]([CH2]C)([CH2]C)[NH]S(=O)(=O)[NH][Ge]([CH2]C)([CH2]C)[CH2]C. The van der Waals surface area contributed by atoms with Crippen molar-refractivity contribution in [1.29, 1.82) is 0 Å². The molecule has 0 aliphatic carbocycles. The summed E-state index contributed by atoms with van der Waals surface area (Å²) in [5.41, 5.74) is 0. The number of nitrogens with one attached hydrogen (secondary N) is 2. The number of hydrogen-bond donors (Lipinski definition) is 2. The molecular weight excluding hydrogens is 381 g/mol. The molecule has 0 heterocycles. The summed E-state index contributed by atoms with van der Waals surface area (Å²) in [6, 6.07) is 0. The van der Waals surface area contributed by atoms with Crippen molar-refractivity contribution in [2.75, 3.05) is 0 Å². The first-order valence-corrected chi connectivity index (χ1v) is 20.1. The molecule has 0 rings (SSSR count). The standard InChI is InChI=1S/C12H32Ge2N2O2S/c1-7-13(8-2,9-3)15-19(17,18)16-14(10-4,11-5)12-6/h15-16H,7-12H2,1-6H3. The summed E-state index contributed by atoms with van der Waals surface area (Å²) < 4.78 is 31.2. The Bertz CT molecular complexity index is 308. The Morgan fingerprint density at radius 3 is 1.00 bits per heavy atom. The predicted octanol–water partition coefficient (Wildman–Crippen LogP) is 3.42. The molecule has 0 amide bonds. The molecule has 0 aliphatic heterocycles. The third-order valence-corrected chi connectivity index (χ3v) is 32.0. The molecule has 2 N–H and O–H groups in total. The number of hydrogen-bond acceptors (Lipinski definition) is 2. The average molecular weight is 414 g/mol. The van der Waals surface area contributed by atoms with E-state index in [-0.39, 0.29) is 0 Å². The minimum atomic E-state index is -3.30. The fourth-order valence-corrected chi connectivity index (χ4v) is 25.5. The van der Waals surface area contributed by atoms with Crippen molar-refractivity contribution in [3.8, 4) is 0 Å². The molecule has 0 radical (unpaired) electrons. The maximum absolute atomic E-state index is 12.5. The van der Waals surface area contributed by atoms with Crippen LogP contribution in [0.2, 0.25) is 31.5 Å². The molecule has 0 aromatic heterocycles. The Labute approximate surface area is 125 Å². The van der Waals surface area contributed by atoms with Gasteiger partial charge in [-0.05, 0) is 0 Å². The van der Waals surface area contributed by atoms with Gasteiger partial charge in [0.1, 0.15) is 0 Å². The maximum atomic E-state index is 12.5. The molecule has 0 bridgehead atoms. The Balaban J connectivity index is 5.09. The summed E-state index contributed by atoms with van der Waals surface area (Å²) in [6.07, 6.45) is 0. The molecule has 0 atom stereocenters. The molecule has 0 spiro atoms. The van der Waals surface area contributed by atoms with Crippen LogP contribution in [0.15, 0.2) is 0 Å². The van der Waals surface area contributed by atoms with E-state index in [0.29, 0.717) is 0 Å². The Hall–Kier alpha value is 0.956. The summed E-state index contributed by atoms with van der Waals surface area (Å²) in [5, 5.41) is 6.07. The zero-order valence-corrected chi connectivity index (χ0v) is 18.5. The van der Waals surface area contributed by atoms with E-state index in [1.165, 1.54) is 0 Å². The van der Waals surface area contributed by atoms with E-state index < -0.39 is 37.2 Å². The van der Waals surface area contributed by atoms with E-state index in [4.69, 9.17) is 0 Å². The molecule has 19 heavy (non-hydrogen) atoms. The normalized spacial score (nSPS) is 13.8.